The van der Waals surface area contributed by atoms with Crippen LogP contribution in [0.1, 0.15) is 42.3 Å². The number of nitrogens with two attached hydrogens (primary N) is 1. The molecule has 2 unspecified atom stereocenters. The van der Waals surface area contributed by atoms with Crippen LogP contribution in [0.5, 0.6) is 5.75 Å². The van der Waals surface area contributed by atoms with E-state index >= 15 is 0 Å². The van der Waals surface area contributed by atoms with Crippen molar-refractivity contribution in [2.75, 3.05) is 6.61 Å². The molecule has 1 aliphatic heterocycles. The Morgan fingerprint density at radius 2 is 2.15 bits per heavy atom. The maximum absolute atomic E-state index is 9.25. The van der Waals surface area contributed by atoms with Crippen LogP contribution in [0.15, 0.2) is 28.8 Å². The van der Waals surface area contributed by atoms with Crippen LogP contribution in [0, 0.1) is 0 Å². The normalized spacial score (nSPS) is 20.1. The number of aromatic hydroxyl groups is 1. The fourth-order valence-corrected chi connectivity index (χ4v) is 2.28. The average Bonchev–Trinajstić information content (AvgIpc) is 3.11. The molecule has 1 aromatic heterocycles. The Hall–Kier alpha value is -1.92. The Bertz CT molecular complexity index is 561. The van der Waals surface area contributed by atoms with E-state index in [1.807, 2.05) is 12.1 Å². The van der Waals surface area contributed by atoms with Gasteiger partial charge in [-0.05, 0) is 37.0 Å². The molecule has 2 heterocycles. The van der Waals surface area contributed by atoms with E-state index in [9.17, 15) is 5.11 Å². The van der Waals surface area contributed by atoms with Gasteiger partial charge in [-0.15, -0.1) is 0 Å². The SMILES string of the molecule is NC(Cc1ccc(O)cc1)c1nc(C2CCCO2)no1. The number of nitrogens with zero attached hydrogens (tertiary/aromatic N) is 2. The number of ether oxygens (including phenoxy) is 1. The van der Waals surface area contributed by atoms with E-state index in [0.717, 1.165) is 25.0 Å². The van der Waals surface area contributed by atoms with E-state index in [2.05, 4.69) is 10.1 Å². The van der Waals surface area contributed by atoms with Crippen LogP contribution in [-0.4, -0.2) is 21.9 Å². The zero-order valence-electron chi connectivity index (χ0n) is 11.0. The minimum absolute atomic E-state index is 0.0617. The van der Waals surface area contributed by atoms with Crippen LogP contribution in [-0.2, 0) is 11.2 Å². The third-order valence-electron chi connectivity index (χ3n) is 3.38. The molecule has 2 aromatic rings. The Kier molecular flexibility index (Phi) is 3.66. The molecule has 1 aromatic carbocycles. The number of benzene rings is 1. The number of hydrogen-bond acceptors (Lipinski definition) is 6. The summed E-state index contributed by atoms with van der Waals surface area (Å²) in [5, 5.41) is 13.2. The Balaban J connectivity index is 1.67. The number of aromatic nitrogens is 2. The molecule has 2 atom stereocenters. The quantitative estimate of drug-likeness (QED) is 0.884. The predicted molar refractivity (Wildman–Crippen MR) is 71.0 cm³/mol. The van der Waals surface area contributed by atoms with Crippen LogP contribution < -0.4 is 5.73 Å². The van der Waals surface area contributed by atoms with Crippen molar-refractivity contribution in [2.24, 2.45) is 5.73 Å². The molecule has 3 rings (SSSR count). The van der Waals surface area contributed by atoms with Gasteiger partial charge < -0.3 is 20.1 Å². The van der Waals surface area contributed by atoms with Gasteiger partial charge in [0.05, 0.1) is 6.04 Å². The third kappa shape index (κ3) is 2.81. The van der Waals surface area contributed by atoms with Crippen molar-refractivity contribution in [3.05, 3.63) is 41.5 Å². The first-order valence-electron chi connectivity index (χ1n) is 6.71. The van der Waals surface area contributed by atoms with E-state index in [1.54, 1.807) is 12.1 Å². The maximum atomic E-state index is 9.25. The summed E-state index contributed by atoms with van der Waals surface area (Å²) in [4.78, 5) is 4.33. The number of phenols is 1. The molecule has 1 saturated heterocycles. The van der Waals surface area contributed by atoms with E-state index < -0.39 is 0 Å². The van der Waals surface area contributed by atoms with Gasteiger partial charge in [0.25, 0.3) is 0 Å². The first-order valence-corrected chi connectivity index (χ1v) is 6.71. The van der Waals surface area contributed by atoms with Gasteiger partial charge in [-0.2, -0.15) is 4.98 Å². The molecule has 0 radical (unpaired) electrons. The van der Waals surface area contributed by atoms with Gasteiger partial charge in [0, 0.05) is 6.61 Å². The fourth-order valence-electron chi connectivity index (χ4n) is 2.28. The van der Waals surface area contributed by atoms with Gasteiger partial charge in [-0.1, -0.05) is 17.3 Å². The highest BCUT2D eigenvalue weighted by Gasteiger charge is 2.24. The van der Waals surface area contributed by atoms with Crippen molar-refractivity contribution in [2.45, 2.75) is 31.4 Å². The van der Waals surface area contributed by atoms with E-state index in [4.69, 9.17) is 15.0 Å². The largest absolute Gasteiger partial charge is 0.508 e. The topological polar surface area (TPSA) is 94.4 Å². The number of rotatable bonds is 4. The molecule has 0 saturated carbocycles. The lowest BCUT2D eigenvalue weighted by Crippen LogP contribution is -2.14. The Morgan fingerprint density at radius 3 is 2.85 bits per heavy atom. The van der Waals surface area contributed by atoms with Crippen molar-refractivity contribution in [3.8, 4) is 5.75 Å². The molecule has 0 bridgehead atoms. The second kappa shape index (κ2) is 5.60. The maximum Gasteiger partial charge on any atom is 0.243 e. The highest BCUT2D eigenvalue weighted by atomic mass is 16.5. The van der Waals surface area contributed by atoms with E-state index in [0.29, 0.717) is 18.1 Å². The number of phenolic OH excluding ortho intramolecular Hbond substituents is 1. The molecule has 0 amide bonds. The van der Waals surface area contributed by atoms with Gasteiger partial charge in [0.1, 0.15) is 11.9 Å². The van der Waals surface area contributed by atoms with Gasteiger partial charge >= 0.3 is 0 Å². The van der Waals surface area contributed by atoms with Gasteiger partial charge in [0.15, 0.2) is 0 Å². The average molecular weight is 275 g/mol. The molecular weight excluding hydrogens is 258 g/mol. The summed E-state index contributed by atoms with van der Waals surface area (Å²) in [6.45, 7) is 0.744. The van der Waals surface area contributed by atoms with Crippen LogP contribution in [0.25, 0.3) is 0 Å². The van der Waals surface area contributed by atoms with Crippen LogP contribution >= 0.6 is 0 Å². The molecule has 0 spiro atoms. The van der Waals surface area contributed by atoms with Crippen LogP contribution in [0.3, 0.4) is 0 Å². The Morgan fingerprint density at radius 1 is 1.35 bits per heavy atom. The lowest BCUT2D eigenvalue weighted by Gasteiger charge is -2.06. The number of hydrogen-bond donors (Lipinski definition) is 2. The zero-order chi connectivity index (χ0) is 13.9. The van der Waals surface area contributed by atoms with Crippen molar-refractivity contribution in [1.82, 2.24) is 10.1 Å². The molecule has 106 valence electrons. The molecule has 3 N–H and O–H groups in total. The van der Waals surface area contributed by atoms with Crippen LogP contribution in [0.2, 0.25) is 0 Å². The van der Waals surface area contributed by atoms with Gasteiger partial charge in [0.2, 0.25) is 11.7 Å². The second-order valence-electron chi connectivity index (χ2n) is 4.97. The molecule has 1 aliphatic rings. The highest BCUT2D eigenvalue weighted by Crippen LogP contribution is 2.27. The van der Waals surface area contributed by atoms with Crippen LogP contribution in [0.4, 0.5) is 0 Å². The van der Waals surface area contributed by atoms with Gasteiger partial charge in [-0.3, -0.25) is 0 Å². The monoisotopic (exact) mass is 275 g/mol. The summed E-state index contributed by atoms with van der Waals surface area (Å²) in [6, 6.07) is 6.56. The van der Waals surface area contributed by atoms with Crippen molar-refractivity contribution in [1.29, 1.82) is 0 Å². The lowest BCUT2D eigenvalue weighted by molar-refractivity contribution is 0.103. The minimum Gasteiger partial charge on any atom is -0.508 e. The fraction of sp³-hybridized carbons (Fsp3) is 0.429. The summed E-state index contributed by atoms with van der Waals surface area (Å²) >= 11 is 0. The second-order valence-corrected chi connectivity index (χ2v) is 4.97. The summed E-state index contributed by atoms with van der Waals surface area (Å²) in [6.07, 6.45) is 2.46. The summed E-state index contributed by atoms with van der Waals surface area (Å²) in [7, 11) is 0. The molecule has 1 fully saturated rings. The molecule has 0 aliphatic carbocycles. The Labute approximate surface area is 116 Å². The summed E-state index contributed by atoms with van der Waals surface area (Å²) in [5.41, 5.74) is 7.08. The van der Waals surface area contributed by atoms with Crippen molar-refractivity contribution >= 4 is 0 Å². The molecular formula is C14H17N3O3. The van der Waals surface area contributed by atoms with E-state index in [1.165, 1.54) is 0 Å². The lowest BCUT2D eigenvalue weighted by atomic mass is 10.1. The summed E-state index contributed by atoms with van der Waals surface area (Å²) in [5.74, 6) is 1.24. The highest BCUT2D eigenvalue weighted by molar-refractivity contribution is 5.26. The zero-order valence-corrected chi connectivity index (χ0v) is 11.0. The third-order valence-corrected chi connectivity index (χ3v) is 3.38. The minimum atomic E-state index is -0.359. The summed E-state index contributed by atoms with van der Waals surface area (Å²) < 4.78 is 10.7. The predicted octanol–water partition coefficient (Wildman–Crippen LogP) is 1.87. The van der Waals surface area contributed by atoms with E-state index in [-0.39, 0.29) is 17.9 Å². The molecule has 20 heavy (non-hydrogen) atoms. The van der Waals surface area contributed by atoms with Gasteiger partial charge in [-0.25, -0.2) is 0 Å². The smallest absolute Gasteiger partial charge is 0.243 e. The molecule has 6 nitrogen and oxygen atoms in total. The molecule has 6 heteroatoms. The first-order chi connectivity index (χ1) is 9.72. The van der Waals surface area contributed by atoms with Crippen molar-refractivity contribution < 1.29 is 14.4 Å². The first kappa shape index (κ1) is 13.1. The standard InChI is InChI=1S/C14H17N3O3/c15-11(8-9-3-5-10(18)6-4-9)14-16-13(17-20-14)12-2-1-7-19-12/h3-6,11-12,18H,1-2,7-8,15H2. The van der Waals surface area contributed by atoms with Crippen molar-refractivity contribution in [3.63, 3.8) is 0 Å².